The Morgan fingerprint density at radius 3 is 2.75 bits per heavy atom. The summed E-state index contributed by atoms with van der Waals surface area (Å²) in [5.74, 6) is 1.42. The fraction of sp³-hybridized carbons (Fsp3) is 0.632. The third-order valence-corrected chi connectivity index (χ3v) is 4.67. The summed E-state index contributed by atoms with van der Waals surface area (Å²) in [5.41, 5.74) is 7.09. The number of hydrogen-bond acceptors (Lipinski definition) is 3. The van der Waals surface area contributed by atoms with E-state index in [1.807, 2.05) is 12.1 Å². The van der Waals surface area contributed by atoms with E-state index in [0.717, 1.165) is 25.0 Å². The third-order valence-electron chi connectivity index (χ3n) is 4.67. The molecule has 0 bridgehead atoms. The van der Waals surface area contributed by atoms with Crippen molar-refractivity contribution in [1.29, 1.82) is 0 Å². The van der Waals surface area contributed by atoms with Crippen LogP contribution in [-0.2, 0) is 10.2 Å². The van der Waals surface area contributed by atoms with Crippen LogP contribution in [0.2, 0.25) is 0 Å². The van der Waals surface area contributed by atoms with Gasteiger partial charge < -0.3 is 15.8 Å². The van der Waals surface area contributed by atoms with E-state index in [-0.39, 0.29) is 29.6 Å². The van der Waals surface area contributed by atoms with Crippen LogP contribution in [0.1, 0.15) is 45.6 Å². The molecule has 0 aromatic heterocycles. The van der Waals surface area contributed by atoms with E-state index in [0.29, 0.717) is 25.6 Å². The Hall–Kier alpha value is -1.26. The van der Waals surface area contributed by atoms with Crippen LogP contribution < -0.4 is 15.8 Å². The highest BCUT2D eigenvalue weighted by Gasteiger charge is 2.31. The van der Waals surface area contributed by atoms with Crippen LogP contribution in [0.3, 0.4) is 0 Å². The number of benzene rings is 1. The first-order valence-corrected chi connectivity index (χ1v) is 8.63. The molecule has 5 heteroatoms. The molecule has 0 aliphatic heterocycles. The second kappa shape index (κ2) is 9.28. The molecule has 24 heavy (non-hydrogen) atoms. The zero-order valence-electron chi connectivity index (χ0n) is 15.0. The fourth-order valence-electron chi connectivity index (χ4n) is 3.19. The molecule has 1 amide bonds. The van der Waals surface area contributed by atoms with Gasteiger partial charge in [-0.2, -0.15) is 0 Å². The smallest absolute Gasteiger partial charge is 0.223 e. The van der Waals surface area contributed by atoms with Crippen LogP contribution in [0.4, 0.5) is 0 Å². The third kappa shape index (κ3) is 5.67. The quantitative estimate of drug-likeness (QED) is 0.770. The zero-order chi connectivity index (χ0) is 16.9. The molecule has 136 valence electrons. The normalized spacial score (nSPS) is 20.3. The molecule has 2 rings (SSSR count). The van der Waals surface area contributed by atoms with Crippen molar-refractivity contribution in [2.24, 2.45) is 17.6 Å². The van der Waals surface area contributed by atoms with Gasteiger partial charge in [-0.3, -0.25) is 4.79 Å². The second-order valence-electron chi connectivity index (χ2n) is 7.45. The van der Waals surface area contributed by atoms with Gasteiger partial charge >= 0.3 is 0 Å². The number of carbonyl (C=O) groups excluding carboxylic acids is 1. The van der Waals surface area contributed by atoms with Crippen molar-refractivity contribution < 1.29 is 9.53 Å². The molecule has 4 nitrogen and oxygen atoms in total. The summed E-state index contributed by atoms with van der Waals surface area (Å²) in [4.78, 5) is 12.2. The minimum Gasteiger partial charge on any atom is -0.492 e. The Morgan fingerprint density at radius 2 is 2.08 bits per heavy atom. The lowest BCUT2D eigenvalue weighted by molar-refractivity contribution is -0.126. The first-order valence-electron chi connectivity index (χ1n) is 8.63. The Labute approximate surface area is 151 Å². The highest BCUT2D eigenvalue weighted by Crippen LogP contribution is 2.30. The summed E-state index contributed by atoms with van der Waals surface area (Å²) in [6.45, 7) is 8.17. The molecule has 1 saturated carbocycles. The number of ether oxygens (including phenoxy) is 1. The van der Waals surface area contributed by atoms with Crippen molar-refractivity contribution in [1.82, 2.24) is 5.32 Å². The van der Waals surface area contributed by atoms with Gasteiger partial charge in [0.2, 0.25) is 5.91 Å². The van der Waals surface area contributed by atoms with Crippen LogP contribution in [0.15, 0.2) is 24.3 Å². The van der Waals surface area contributed by atoms with Crippen molar-refractivity contribution in [2.45, 2.75) is 45.4 Å². The number of nitrogens with two attached hydrogens (primary N) is 1. The number of hydrogen-bond donors (Lipinski definition) is 2. The molecule has 0 spiro atoms. The SMILES string of the molecule is CC(C)(C)c1cccc(OCCNC(=O)[C@@H]2CCC[C@@H]2CN)c1.Cl. The summed E-state index contributed by atoms with van der Waals surface area (Å²) in [6, 6.07) is 8.16. The van der Waals surface area contributed by atoms with Crippen LogP contribution in [-0.4, -0.2) is 25.6 Å². The lowest BCUT2D eigenvalue weighted by atomic mass is 9.87. The summed E-state index contributed by atoms with van der Waals surface area (Å²) in [7, 11) is 0. The molecule has 0 radical (unpaired) electrons. The van der Waals surface area contributed by atoms with E-state index < -0.39 is 0 Å². The molecular formula is C19H31ClN2O2. The molecule has 0 saturated heterocycles. The number of rotatable bonds is 6. The Kier molecular flexibility index (Phi) is 8.04. The van der Waals surface area contributed by atoms with E-state index in [1.54, 1.807) is 0 Å². The maximum atomic E-state index is 12.2. The van der Waals surface area contributed by atoms with Gasteiger partial charge in [-0.25, -0.2) is 0 Å². The van der Waals surface area contributed by atoms with Gasteiger partial charge in [0.15, 0.2) is 0 Å². The monoisotopic (exact) mass is 354 g/mol. The molecule has 0 heterocycles. The highest BCUT2D eigenvalue weighted by atomic mass is 35.5. The molecule has 2 atom stereocenters. The predicted octanol–water partition coefficient (Wildman–Crippen LogP) is 3.28. The number of halogens is 1. The molecule has 1 aromatic carbocycles. The fourth-order valence-corrected chi connectivity index (χ4v) is 3.19. The van der Waals surface area contributed by atoms with Crippen LogP contribution >= 0.6 is 12.4 Å². The first kappa shape index (κ1) is 20.8. The van der Waals surface area contributed by atoms with Crippen molar-refractivity contribution >= 4 is 18.3 Å². The Balaban J connectivity index is 0.00000288. The van der Waals surface area contributed by atoms with Crippen molar-refractivity contribution in [3.8, 4) is 5.75 Å². The molecule has 1 aliphatic rings. The van der Waals surface area contributed by atoms with Crippen LogP contribution in [0, 0.1) is 11.8 Å². The second-order valence-corrected chi connectivity index (χ2v) is 7.45. The molecular weight excluding hydrogens is 324 g/mol. The minimum atomic E-state index is 0. The van der Waals surface area contributed by atoms with Crippen molar-refractivity contribution in [2.75, 3.05) is 19.7 Å². The van der Waals surface area contributed by atoms with Gasteiger partial charge in [-0.1, -0.05) is 39.3 Å². The lowest BCUT2D eigenvalue weighted by Gasteiger charge is -2.20. The van der Waals surface area contributed by atoms with Gasteiger partial charge in [0.25, 0.3) is 0 Å². The summed E-state index contributed by atoms with van der Waals surface area (Å²) in [5, 5.41) is 2.98. The number of carbonyl (C=O) groups is 1. The van der Waals surface area contributed by atoms with Crippen molar-refractivity contribution in [3.63, 3.8) is 0 Å². The molecule has 3 N–H and O–H groups in total. The van der Waals surface area contributed by atoms with E-state index in [9.17, 15) is 4.79 Å². The van der Waals surface area contributed by atoms with E-state index in [1.165, 1.54) is 5.56 Å². The molecule has 0 unspecified atom stereocenters. The van der Waals surface area contributed by atoms with E-state index >= 15 is 0 Å². The maximum Gasteiger partial charge on any atom is 0.223 e. The average molecular weight is 355 g/mol. The average Bonchev–Trinajstić information content (AvgIpc) is 2.99. The zero-order valence-corrected chi connectivity index (χ0v) is 15.8. The summed E-state index contributed by atoms with van der Waals surface area (Å²) in [6.07, 6.45) is 3.14. The van der Waals surface area contributed by atoms with Crippen LogP contribution in [0.25, 0.3) is 0 Å². The molecule has 1 fully saturated rings. The van der Waals surface area contributed by atoms with Gasteiger partial charge in [0, 0.05) is 5.92 Å². The van der Waals surface area contributed by atoms with Gasteiger partial charge in [0.1, 0.15) is 12.4 Å². The van der Waals surface area contributed by atoms with Crippen LogP contribution in [0.5, 0.6) is 5.75 Å². The van der Waals surface area contributed by atoms with Gasteiger partial charge in [-0.15, -0.1) is 12.4 Å². The minimum absolute atomic E-state index is 0. The molecule has 1 aliphatic carbocycles. The highest BCUT2D eigenvalue weighted by molar-refractivity contribution is 5.85. The Morgan fingerprint density at radius 1 is 1.33 bits per heavy atom. The number of nitrogens with one attached hydrogen (secondary N) is 1. The topological polar surface area (TPSA) is 64.3 Å². The van der Waals surface area contributed by atoms with Crippen molar-refractivity contribution in [3.05, 3.63) is 29.8 Å². The standard InChI is InChI=1S/C19H30N2O2.ClH/c1-19(2,3)15-7-5-8-16(12-15)23-11-10-21-18(22)17-9-4-6-14(17)13-20;/h5,7-8,12,14,17H,4,6,9-11,13,20H2,1-3H3,(H,21,22);1H/t14-,17-;/m1./s1. The lowest BCUT2D eigenvalue weighted by Crippen LogP contribution is -2.37. The predicted molar refractivity (Wildman–Crippen MR) is 101 cm³/mol. The summed E-state index contributed by atoms with van der Waals surface area (Å²) >= 11 is 0. The molecule has 1 aromatic rings. The summed E-state index contributed by atoms with van der Waals surface area (Å²) < 4.78 is 5.77. The van der Waals surface area contributed by atoms with Gasteiger partial charge in [0.05, 0.1) is 6.54 Å². The maximum absolute atomic E-state index is 12.2. The van der Waals surface area contributed by atoms with E-state index in [2.05, 4.69) is 38.2 Å². The Bertz CT molecular complexity index is 528. The largest absolute Gasteiger partial charge is 0.492 e. The first-order chi connectivity index (χ1) is 10.9. The van der Waals surface area contributed by atoms with E-state index in [4.69, 9.17) is 10.5 Å². The number of amides is 1. The van der Waals surface area contributed by atoms with Gasteiger partial charge in [-0.05, 0) is 48.4 Å².